The van der Waals surface area contributed by atoms with Crippen molar-refractivity contribution in [1.29, 1.82) is 0 Å². The molecule has 1 atom stereocenters. The standard InChI is InChI=1S/C21H33N3O3/c1-5-21(3,18-8-6-7-9-19(18)27-4)12-13-22-20(26)24-14-10-17(11-15-24)23-16(2)25/h6-9,17H,5,10-15H2,1-4H3,(H,22,26)(H,23,25)/t21-/m1/s1. The lowest BCUT2D eigenvalue weighted by molar-refractivity contribution is -0.119. The Morgan fingerprint density at radius 2 is 1.93 bits per heavy atom. The fraction of sp³-hybridized carbons (Fsp3) is 0.619. The van der Waals surface area contributed by atoms with Crippen LogP contribution in [0.25, 0.3) is 0 Å². The highest BCUT2D eigenvalue weighted by atomic mass is 16.5. The summed E-state index contributed by atoms with van der Waals surface area (Å²) in [6, 6.07) is 8.27. The van der Waals surface area contributed by atoms with E-state index in [0.29, 0.717) is 19.6 Å². The zero-order valence-corrected chi connectivity index (χ0v) is 17.0. The summed E-state index contributed by atoms with van der Waals surface area (Å²) in [6.07, 6.45) is 3.42. The average molecular weight is 376 g/mol. The number of amides is 3. The Labute approximate surface area is 162 Å². The van der Waals surface area contributed by atoms with E-state index in [1.807, 2.05) is 23.1 Å². The predicted molar refractivity (Wildman–Crippen MR) is 107 cm³/mol. The van der Waals surface area contributed by atoms with E-state index in [2.05, 4.69) is 30.5 Å². The SMILES string of the molecule is CC[C@](C)(CCNC(=O)N1CCC(NC(C)=O)CC1)c1ccccc1OC. The second-order valence-corrected chi connectivity index (χ2v) is 7.56. The maximum Gasteiger partial charge on any atom is 0.317 e. The number of carbonyl (C=O) groups is 2. The number of hydrogen-bond acceptors (Lipinski definition) is 3. The van der Waals surface area contributed by atoms with Gasteiger partial charge in [0.15, 0.2) is 0 Å². The quantitative estimate of drug-likeness (QED) is 0.769. The molecule has 150 valence electrons. The molecule has 0 aromatic heterocycles. The highest BCUT2D eigenvalue weighted by Gasteiger charge is 2.28. The molecular formula is C21H33N3O3. The molecule has 1 saturated heterocycles. The summed E-state index contributed by atoms with van der Waals surface area (Å²) in [7, 11) is 1.70. The van der Waals surface area contributed by atoms with Gasteiger partial charge in [-0.1, -0.05) is 32.0 Å². The van der Waals surface area contributed by atoms with E-state index in [0.717, 1.165) is 31.4 Å². The van der Waals surface area contributed by atoms with E-state index < -0.39 is 0 Å². The molecular weight excluding hydrogens is 342 g/mol. The molecule has 1 heterocycles. The third kappa shape index (κ3) is 5.62. The van der Waals surface area contributed by atoms with Crippen LogP contribution in [0.4, 0.5) is 4.79 Å². The predicted octanol–water partition coefficient (Wildman–Crippen LogP) is 3.06. The molecule has 0 radical (unpaired) electrons. The number of para-hydroxylation sites is 1. The Bertz CT molecular complexity index is 641. The zero-order valence-electron chi connectivity index (χ0n) is 17.0. The lowest BCUT2D eigenvalue weighted by atomic mass is 9.77. The normalized spacial score (nSPS) is 17.1. The lowest BCUT2D eigenvalue weighted by Crippen LogP contribution is -2.49. The minimum Gasteiger partial charge on any atom is -0.496 e. The molecule has 6 nitrogen and oxygen atoms in total. The monoisotopic (exact) mass is 375 g/mol. The van der Waals surface area contributed by atoms with Crippen LogP contribution in [-0.4, -0.2) is 49.6 Å². The summed E-state index contributed by atoms with van der Waals surface area (Å²) in [5.41, 5.74) is 1.12. The second kappa shape index (κ2) is 9.62. The first-order valence-corrected chi connectivity index (χ1v) is 9.83. The third-order valence-electron chi connectivity index (χ3n) is 5.68. The van der Waals surface area contributed by atoms with Crippen LogP contribution < -0.4 is 15.4 Å². The Kier molecular flexibility index (Phi) is 7.51. The highest BCUT2D eigenvalue weighted by Crippen LogP contribution is 2.36. The van der Waals surface area contributed by atoms with Gasteiger partial charge < -0.3 is 20.3 Å². The summed E-state index contributed by atoms with van der Waals surface area (Å²) < 4.78 is 5.53. The van der Waals surface area contributed by atoms with Gasteiger partial charge in [0, 0.05) is 38.2 Å². The van der Waals surface area contributed by atoms with Gasteiger partial charge >= 0.3 is 6.03 Å². The molecule has 1 aliphatic heterocycles. The van der Waals surface area contributed by atoms with Gasteiger partial charge in [0.1, 0.15) is 5.75 Å². The maximum absolute atomic E-state index is 12.5. The van der Waals surface area contributed by atoms with Crippen LogP contribution in [0.2, 0.25) is 0 Å². The van der Waals surface area contributed by atoms with Crippen molar-refractivity contribution in [2.24, 2.45) is 0 Å². The number of carbonyl (C=O) groups excluding carboxylic acids is 2. The minimum absolute atomic E-state index is 0.00640. The zero-order chi connectivity index (χ0) is 19.9. The first kappa shape index (κ1) is 21.1. The van der Waals surface area contributed by atoms with Crippen molar-refractivity contribution >= 4 is 11.9 Å². The number of hydrogen-bond donors (Lipinski definition) is 2. The molecule has 0 bridgehead atoms. The van der Waals surface area contributed by atoms with Gasteiger partial charge in [-0.2, -0.15) is 0 Å². The van der Waals surface area contributed by atoms with Crippen molar-refractivity contribution in [1.82, 2.24) is 15.5 Å². The number of nitrogens with one attached hydrogen (secondary N) is 2. The lowest BCUT2D eigenvalue weighted by Gasteiger charge is -2.33. The Balaban J connectivity index is 1.85. The first-order valence-electron chi connectivity index (χ1n) is 9.83. The van der Waals surface area contributed by atoms with Crippen molar-refractivity contribution in [2.75, 3.05) is 26.7 Å². The fourth-order valence-corrected chi connectivity index (χ4v) is 3.72. The van der Waals surface area contributed by atoms with Crippen LogP contribution in [0.15, 0.2) is 24.3 Å². The summed E-state index contributed by atoms with van der Waals surface area (Å²) in [5, 5.41) is 6.00. The van der Waals surface area contributed by atoms with Crippen molar-refractivity contribution in [3.05, 3.63) is 29.8 Å². The molecule has 0 spiro atoms. The minimum atomic E-state index is -0.0573. The molecule has 1 fully saturated rings. The van der Waals surface area contributed by atoms with Crippen LogP contribution >= 0.6 is 0 Å². The number of piperidine rings is 1. The number of urea groups is 1. The molecule has 0 unspecified atom stereocenters. The Morgan fingerprint density at radius 3 is 2.52 bits per heavy atom. The maximum atomic E-state index is 12.5. The van der Waals surface area contributed by atoms with Crippen molar-refractivity contribution in [3.8, 4) is 5.75 Å². The molecule has 1 aromatic rings. The molecule has 1 aliphatic rings. The first-order chi connectivity index (χ1) is 12.9. The van der Waals surface area contributed by atoms with Gasteiger partial charge in [-0.25, -0.2) is 4.79 Å². The van der Waals surface area contributed by atoms with Crippen LogP contribution in [0, 0.1) is 0 Å². The summed E-state index contributed by atoms with van der Waals surface area (Å²) in [5.74, 6) is 0.890. The summed E-state index contributed by atoms with van der Waals surface area (Å²) in [6.45, 7) is 7.89. The van der Waals surface area contributed by atoms with Crippen molar-refractivity contribution in [2.45, 2.75) is 57.9 Å². The van der Waals surface area contributed by atoms with Crippen LogP contribution in [0.1, 0.15) is 52.0 Å². The molecule has 2 rings (SSSR count). The van der Waals surface area contributed by atoms with Crippen molar-refractivity contribution < 1.29 is 14.3 Å². The largest absolute Gasteiger partial charge is 0.496 e. The van der Waals surface area contributed by atoms with E-state index >= 15 is 0 Å². The second-order valence-electron chi connectivity index (χ2n) is 7.56. The van der Waals surface area contributed by atoms with Crippen LogP contribution in [0.5, 0.6) is 5.75 Å². The molecule has 1 aromatic carbocycles. The van der Waals surface area contributed by atoms with E-state index in [-0.39, 0.29) is 23.4 Å². The van der Waals surface area contributed by atoms with Crippen molar-refractivity contribution in [3.63, 3.8) is 0 Å². The number of methoxy groups -OCH3 is 1. The van der Waals surface area contributed by atoms with Gasteiger partial charge in [0.05, 0.1) is 7.11 Å². The fourth-order valence-electron chi connectivity index (χ4n) is 3.72. The van der Waals surface area contributed by atoms with Crippen LogP contribution in [-0.2, 0) is 10.2 Å². The van der Waals surface area contributed by atoms with E-state index in [4.69, 9.17) is 4.74 Å². The number of ether oxygens (including phenoxy) is 1. The van der Waals surface area contributed by atoms with E-state index in [1.54, 1.807) is 7.11 Å². The summed E-state index contributed by atoms with van der Waals surface area (Å²) in [4.78, 5) is 25.4. The Hall–Kier alpha value is -2.24. The summed E-state index contributed by atoms with van der Waals surface area (Å²) >= 11 is 0. The molecule has 2 N–H and O–H groups in total. The molecule has 0 aliphatic carbocycles. The number of benzene rings is 1. The van der Waals surface area contributed by atoms with Gasteiger partial charge in [-0.15, -0.1) is 0 Å². The number of nitrogens with zero attached hydrogens (tertiary/aromatic N) is 1. The molecule has 0 saturated carbocycles. The van der Waals surface area contributed by atoms with E-state index in [9.17, 15) is 9.59 Å². The van der Waals surface area contributed by atoms with Gasteiger partial charge in [-0.05, 0) is 37.2 Å². The average Bonchev–Trinajstić information content (AvgIpc) is 2.67. The van der Waals surface area contributed by atoms with Gasteiger partial charge in [0.2, 0.25) is 5.91 Å². The molecule has 6 heteroatoms. The topological polar surface area (TPSA) is 70.7 Å². The molecule has 3 amide bonds. The highest BCUT2D eigenvalue weighted by molar-refractivity contribution is 5.75. The molecule has 27 heavy (non-hydrogen) atoms. The Morgan fingerprint density at radius 1 is 1.26 bits per heavy atom. The van der Waals surface area contributed by atoms with E-state index in [1.165, 1.54) is 12.5 Å². The van der Waals surface area contributed by atoms with Crippen LogP contribution in [0.3, 0.4) is 0 Å². The smallest absolute Gasteiger partial charge is 0.317 e. The number of rotatable bonds is 7. The third-order valence-corrected chi connectivity index (χ3v) is 5.68. The van der Waals surface area contributed by atoms with Gasteiger partial charge in [-0.3, -0.25) is 4.79 Å². The van der Waals surface area contributed by atoms with Gasteiger partial charge in [0.25, 0.3) is 0 Å². The number of likely N-dealkylation sites (tertiary alicyclic amines) is 1.